The van der Waals surface area contributed by atoms with Crippen LogP contribution in [0.1, 0.15) is 13.3 Å². The molecular weight excluding hydrogens is 126 g/mol. The van der Waals surface area contributed by atoms with Gasteiger partial charge in [0, 0.05) is 18.3 Å². The van der Waals surface area contributed by atoms with Crippen LogP contribution in [-0.4, -0.2) is 12.0 Å². The second kappa shape index (κ2) is 5.95. The van der Waals surface area contributed by atoms with Crippen molar-refractivity contribution in [2.75, 3.05) is 0 Å². The van der Waals surface area contributed by atoms with E-state index in [2.05, 4.69) is 11.6 Å². The van der Waals surface area contributed by atoms with Gasteiger partial charge in [0.25, 0.3) is 0 Å². The first-order chi connectivity index (χ1) is 4.85. The lowest BCUT2D eigenvalue weighted by Crippen LogP contribution is -1.91. The first-order valence-corrected chi connectivity index (χ1v) is 3.09. The number of rotatable bonds is 4. The van der Waals surface area contributed by atoms with Crippen LogP contribution in [0.15, 0.2) is 29.9 Å². The van der Waals surface area contributed by atoms with Gasteiger partial charge in [-0.1, -0.05) is 12.7 Å². The quantitative estimate of drug-likeness (QED) is 0.428. The molecule has 0 radical (unpaired) electrons. The maximum atomic E-state index is 9.98. The maximum absolute atomic E-state index is 9.98. The molecule has 0 aromatic carbocycles. The third-order valence-corrected chi connectivity index (χ3v) is 0.918. The van der Waals surface area contributed by atoms with Crippen molar-refractivity contribution in [1.29, 1.82) is 0 Å². The molecule has 0 spiro atoms. The zero-order chi connectivity index (χ0) is 7.82. The van der Waals surface area contributed by atoms with Crippen LogP contribution in [0.3, 0.4) is 0 Å². The SMILES string of the molecule is C=CC(CC=O)=N/C=C\C. The summed E-state index contributed by atoms with van der Waals surface area (Å²) in [5.41, 5.74) is 0.702. The van der Waals surface area contributed by atoms with Gasteiger partial charge in [-0.15, -0.1) is 0 Å². The van der Waals surface area contributed by atoms with Gasteiger partial charge in [0.1, 0.15) is 6.29 Å². The third-order valence-electron chi connectivity index (χ3n) is 0.918. The van der Waals surface area contributed by atoms with E-state index >= 15 is 0 Å². The van der Waals surface area contributed by atoms with Gasteiger partial charge in [0.2, 0.25) is 0 Å². The summed E-state index contributed by atoms with van der Waals surface area (Å²) in [4.78, 5) is 13.9. The summed E-state index contributed by atoms with van der Waals surface area (Å²) in [6, 6.07) is 0. The third kappa shape index (κ3) is 3.78. The van der Waals surface area contributed by atoms with Gasteiger partial charge in [0.15, 0.2) is 0 Å². The summed E-state index contributed by atoms with van der Waals surface area (Å²) >= 11 is 0. The normalized spacial score (nSPS) is 11.9. The minimum Gasteiger partial charge on any atom is -0.303 e. The molecule has 0 aromatic rings. The average Bonchev–Trinajstić information content (AvgIpc) is 1.98. The van der Waals surface area contributed by atoms with Gasteiger partial charge in [0.05, 0.1) is 0 Å². The molecule has 0 N–H and O–H groups in total. The topological polar surface area (TPSA) is 29.4 Å². The Morgan fingerprint density at radius 1 is 1.70 bits per heavy atom. The molecule has 0 aliphatic carbocycles. The first-order valence-electron chi connectivity index (χ1n) is 3.09. The molecular formula is C8H11NO. The lowest BCUT2D eigenvalue weighted by atomic mass is 10.3. The number of allylic oxidation sites excluding steroid dienone is 2. The van der Waals surface area contributed by atoms with E-state index in [0.717, 1.165) is 6.29 Å². The highest BCUT2D eigenvalue weighted by atomic mass is 16.1. The number of carbonyl (C=O) groups is 1. The molecule has 0 aliphatic heterocycles. The molecule has 2 heteroatoms. The van der Waals surface area contributed by atoms with Gasteiger partial charge in [-0.3, -0.25) is 4.99 Å². The minimum absolute atomic E-state index is 0.341. The second-order valence-corrected chi connectivity index (χ2v) is 1.68. The van der Waals surface area contributed by atoms with Crippen LogP contribution in [0.5, 0.6) is 0 Å². The first kappa shape index (κ1) is 8.82. The highest BCUT2D eigenvalue weighted by Crippen LogP contribution is 1.86. The van der Waals surface area contributed by atoms with Gasteiger partial charge in [-0.05, 0) is 13.0 Å². The lowest BCUT2D eigenvalue weighted by Gasteiger charge is -1.88. The fourth-order valence-corrected chi connectivity index (χ4v) is 0.444. The van der Waals surface area contributed by atoms with Crippen LogP contribution >= 0.6 is 0 Å². The molecule has 2 nitrogen and oxygen atoms in total. The average molecular weight is 137 g/mol. The smallest absolute Gasteiger partial charge is 0.125 e. The van der Waals surface area contributed by atoms with E-state index in [-0.39, 0.29) is 0 Å². The number of hydrogen-bond acceptors (Lipinski definition) is 2. The number of carbonyl (C=O) groups excluding carboxylic acids is 1. The van der Waals surface area contributed by atoms with E-state index in [4.69, 9.17) is 0 Å². The van der Waals surface area contributed by atoms with Crippen molar-refractivity contribution in [3.05, 3.63) is 24.9 Å². The molecule has 0 saturated carbocycles. The molecule has 0 amide bonds. The largest absolute Gasteiger partial charge is 0.303 e. The molecule has 10 heavy (non-hydrogen) atoms. The minimum atomic E-state index is 0.341. The van der Waals surface area contributed by atoms with Crippen molar-refractivity contribution in [1.82, 2.24) is 0 Å². The van der Waals surface area contributed by atoms with Crippen molar-refractivity contribution >= 4 is 12.0 Å². The van der Waals surface area contributed by atoms with Gasteiger partial charge < -0.3 is 4.79 Å². The Balaban J connectivity index is 4.02. The Bertz CT molecular complexity index is 168. The Kier molecular flexibility index (Phi) is 5.25. The van der Waals surface area contributed by atoms with Crippen molar-refractivity contribution in [2.24, 2.45) is 4.99 Å². The number of hydrogen-bond donors (Lipinski definition) is 0. The summed E-state index contributed by atoms with van der Waals surface area (Å²) in [6.07, 6.45) is 6.17. The van der Waals surface area contributed by atoms with Crippen molar-refractivity contribution in [3.8, 4) is 0 Å². The number of aldehydes is 1. The Labute approximate surface area is 61.0 Å². The van der Waals surface area contributed by atoms with Crippen molar-refractivity contribution in [3.63, 3.8) is 0 Å². The van der Waals surface area contributed by atoms with Gasteiger partial charge >= 0.3 is 0 Å². The van der Waals surface area contributed by atoms with Gasteiger partial charge in [-0.2, -0.15) is 0 Å². The summed E-state index contributed by atoms with van der Waals surface area (Å²) in [7, 11) is 0. The molecule has 0 saturated heterocycles. The summed E-state index contributed by atoms with van der Waals surface area (Å²) < 4.78 is 0. The van der Waals surface area contributed by atoms with Crippen molar-refractivity contribution in [2.45, 2.75) is 13.3 Å². The summed E-state index contributed by atoms with van der Waals surface area (Å²) in [6.45, 7) is 5.38. The highest BCUT2D eigenvalue weighted by Gasteiger charge is 1.87. The lowest BCUT2D eigenvalue weighted by molar-refractivity contribution is -0.106. The summed E-state index contributed by atoms with van der Waals surface area (Å²) in [5.74, 6) is 0. The monoisotopic (exact) mass is 137 g/mol. The molecule has 0 aromatic heterocycles. The Morgan fingerprint density at radius 3 is 2.80 bits per heavy atom. The van der Waals surface area contributed by atoms with E-state index in [1.165, 1.54) is 0 Å². The zero-order valence-corrected chi connectivity index (χ0v) is 6.08. The Hall–Kier alpha value is -1.18. The molecule has 0 atom stereocenters. The van der Waals surface area contributed by atoms with Crippen LogP contribution in [0.4, 0.5) is 0 Å². The standard InChI is InChI=1S/C8H11NO/c1-3-6-9-8(4-2)5-7-10/h3-4,6-7H,2,5H2,1H3/b6-3-,9-8?. The molecule has 0 unspecified atom stereocenters. The van der Waals surface area contributed by atoms with Crippen LogP contribution in [0.2, 0.25) is 0 Å². The van der Waals surface area contributed by atoms with E-state index in [9.17, 15) is 4.79 Å². The maximum Gasteiger partial charge on any atom is 0.125 e. The molecule has 0 fully saturated rings. The molecule has 54 valence electrons. The molecule has 0 aliphatic rings. The van der Waals surface area contributed by atoms with E-state index < -0.39 is 0 Å². The van der Waals surface area contributed by atoms with Crippen LogP contribution in [-0.2, 0) is 4.79 Å². The van der Waals surface area contributed by atoms with E-state index in [1.807, 2.05) is 6.92 Å². The van der Waals surface area contributed by atoms with Crippen LogP contribution < -0.4 is 0 Å². The molecule has 0 rings (SSSR count). The van der Waals surface area contributed by atoms with E-state index in [0.29, 0.717) is 12.1 Å². The van der Waals surface area contributed by atoms with E-state index in [1.54, 1.807) is 18.4 Å². The Morgan fingerprint density at radius 2 is 2.40 bits per heavy atom. The van der Waals surface area contributed by atoms with Crippen molar-refractivity contribution < 1.29 is 4.79 Å². The molecule has 0 heterocycles. The summed E-state index contributed by atoms with van der Waals surface area (Å²) in [5, 5.41) is 0. The predicted molar refractivity (Wildman–Crippen MR) is 43.1 cm³/mol. The fourth-order valence-electron chi connectivity index (χ4n) is 0.444. The zero-order valence-electron chi connectivity index (χ0n) is 6.08. The number of aliphatic imine (C=N–C) groups is 1. The van der Waals surface area contributed by atoms with Crippen LogP contribution in [0.25, 0.3) is 0 Å². The van der Waals surface area contributed by atoms with Crippen LogP contribution in [0, 0.1) is 0 Å². The molecule has 0 bridgehead atoms. The highest BCUT2D eigenvalue weighted by molar-refractivity contribution is 6.02. The second-order valence-electron chi connectivity index (χ2n) is 1.68. The fraction of sp³-hybridized carbons (Fsp3) is 0.250. The number of nitrogens with zero attached hydrogens (tertiary/aromatic N) is 1. The van der Waals surface area contributed by atoms with Gasteiger partial charge in [-0.25, -0.2) is 0 Å². The predicted octanol–water partition coefficient (Wildman–Crippen LogP) is 1.74.